The molecule has 1 unspecified atom stereocenters. The average Bonchev–Trinajstić information content (AvgIpc) is 2.80. The topological polar surface area (TPSA) is 61.5 Å². The molecule has 1 heterocycles. The first-order valence-corrected chi connectivity index (χ1v) is 5.89. The maximum atomic E-state index is 11.4. The summed E-state index contributed by atoms with van der Waals surface area (Å²) in [5.41, 5.74) is 5.80. The van der Waals surface area contributed by atoms with E-state index in [1.165, 1.54) is 18.4 Å². The molecule has 5 heteroatoms. The van der Waals surface area contributed by atoms with Crippen LogP contribution in [0.25, 0.3) is 10.1 Å². The van der Waals surface area contributed by atoms with Gasteiger partial charge in [0.2, 0.25) is 0 Å². The first-order chi connectivity index (χ1) is 8.17. The van der Waals surface area contributed by atoms with Crippen molar-refractivity contribution in [3.63, 3.8) is 0 Å². The summed E-state index contributed by atoms with van der Waals surface area (Å²) in [5.74, 6) is 0.353. The van der Waals surface area contributed by atoms with Crippen LogP contribution >= 0.6 is 11.3 Å². The minimum Gasteiger partial charge on any atom is -0.495 e. The predicted molar refractivity (Wildman–Crippen MR) is 67.3 cm³/mol. The highest BCUT2D eigenvalue weighted by Crippen LogP contribution is 2.35. The molecule has 2 N–H and O–H groups in total. The van der Waals surface area contributed by atoms with Crippen molar-refractivity contribution in [1.29, 1.82) is 0 Å². The maximum absolute atomic E-state index is 11.4. The van der Waals surface area contributed by atoms with Gasteiger partial charge in [0.25, 0.3) is 0 Å². The summed E-state index contributed by atoms with van der Waals surface area (Å²) in [6.07, 6.45) is 0. The number of thiophene rings is 1. The van der Waals surface area contributed by atoms with Gasteiger partial charge in [0.1, 0.15) is 11.8 Å². The second-order valence-corrected chi connectivity index (χ2v) is 4.61. The van der Waals surface area contributed by atoms with E-state index in [0.717, 1.165) is 20.7 Å². The Labute approximate surface area is 103 Å². The van der Waals surface area contributed by atoms with Gasteiger partial charge in [-0.1, -0.05) is 12.1 Å². The lowest BCUT2D eigenvalue weighted by atomic mass is 10.2. The largest absolute Gasteiger partial charge is 0.495 e. The molecule has 90 valence electrons. The van der Waals surface area contributed by atoms with Crippen molar-refractivity contribution < 1.29 is 14.3 Å². The zero-order chi connectivity index (χ0) is 12.4. The van der Waals surface area contributed by atoms with Gasteiger partial charge < -0.3 is 15.2 Å². The number of esters is 1. The molecule has 0 aliphatic heterocycles. The molecule has 0 amide bonds. The van der Waals surface area contributed by atoms with Crippen molar-refractivity contribution in [1.82, 2.24) is 0 Å². The van der Waals surface area contributed by atoms with Crippen molar-refractivity contribution in [3.05, 3.63) is 29.1 Å². The van der Waals surface area contributed by atoms with Crippen molar-refractivity contribution in [3.8, 4) is 5.75 Å². The molecule has 17 heavy (non-hydrogen) atoms. The van der Waals surface area contributed by atoms with Crippen molar-refractivity contribution in [2.24, 2.45) is 5.73 Å². The first-order valence-electron chi connectivity index (χ1n) is 5.07. The molecule has 0 bridgehead atoms. The highest BCUT2D eigenvalue weighted by atomic mass is 32.1. The number of benzene rings is 1. The van der Waals surface area contributed by atoms with Gasteiger partial charge in [-0.05, 0) is 17.5 Å². The van der Waals surface area contributed by atoms with Crippen LogP contribution in [0.3, 0.4) is 0 Å². The number of carbonyl (C=O) groups excluding carboxylic acids is 1. The molecule has 0 spiro atoms. The van der Waals surface area contributed by atoms with Crippen molar-refractivity contribution >= 4 is 27.4 Å². The van der Waals surface area contributed by atoms with Crippen LogP contribution in [-0.4, -0.2) is 20.2 Å². The van der Waals surface area contributed by atoms with Gasteiger partial charge in [0.15, 0.2) is 0 Å². The lowest BCUT2D eigenvalue weighted by Crippen LogP contribution is -2.21. The molecule has 2 rings (SSSR count). The average molecular weight is 251 g/mol. The van der Waals surface area contributed by atoms with Crippen LogP contribution in [0.1, 0.15) is 10.9 Å². The number of ether oxygens (including phenoxy) is 2. The van der Waals surface area contributed by atoms with E-state index in [0.29, 0.717) is 0 Å². The van der Waals surface area contributed by atoms with Gasteiger partial charge in [0, 0.05) is 4.88 Å². The van der Waals surface area contributed by atoms with Crippen molar-refractivity contribution in [2.45, 2.75) is 6.04 Å². The van der Waals surface area contributed by atoms with E-state index in [4.69, 9.17) is 10.5 Å². The van der Waals surface area contributed by atoms with Crippen LogP contribution < -0.4 is 10.5 Å². The Morgan fingerprint density at radius 2 is 2.18 bits per heavy atom. The van der Waals surface area contributed by atoms with Gasteiger partial charge in [-0.2, -0.15) is 0 Å². The molecule has 0 saturated heterocycles. The summed E-state index contributed by atoms with van der Waals surface area (Å²) in [4.78, 5) is 12.1. The summed E-state index contributed by atoms with van der Waals surface area (Å²) in [6.45, 7) is 0. The van der Waals surface area contributed by atoms with E-state index in [1.54, 1.807) is 7.11 Å². The lowest BCUT2D eigenvalue weighted by molar-refractivity contribution is -0.142. The number of nitrogens with two attached hydrogens (primary N) is 1. The SMILES string of the molecule is COC(=O)C(N)c1cc2cccc(OC)c2s1. The summed E-state index contributed by atoms with van der Waals surface area (Å²) >= 11 is 1.45. The summed E-state index contributed by atoms with van der Waals surface area (Å²) in [7, 11) is 2.95. The molecular formula is C12H13NO3S. The molecule has 2 aromatic rings. The number of methoxy groups -OCH3 is 2. The standard InChI is InChI=1S/C12H13NO3S/c1-15-8-5-3-4-7-6-9(17-11(7)8)10(13)12(14)16-2/h3-6,10H,13H2,1-2H3. The molecule has 1 aromatic carbocycles. The Bertz CT molecular complexity index is 550. The molecule has 0 aliphatic rings. The summed E-state index contributed by atoms with van der Waals surface area (Å²) in [5, 5.41) is 1.02. The Kier molecular flexibility index (Phi) is 3.31. The maximum Gasteiger partial charge on any atom is 0.328 e. The van der Waals surface area contributed by atoms with Crippen LogP contribution in [0.4, 0.5) is 0 Å². The van der Waals surface area contributed by atoms with Crippen LogP contribution in [-0.2, 0) is 9.53 Å². The highest BCUT2D eigenvalue weighted by Gasteiger charge is 2.19. The number of hydrogen-bond donors (Lipinski definition) is 1. The van der Waals surface area contributed by atoms with Gasteiger partial charge >= 0.3 is 5.97 Å². The Hall–Kier alpha value is -1.59. The summed E-state index contributed by atoms with van der Waals surface area (Å²) < 4.78 is 10.9. The lowest BCUT2D eigenvalue weighted by Gasteiger charge is -2.05. The van der Waals surface area contributed by atoms with E-state index < -0.39 is 12.0 Å². The second kappa shape index (κ2) is 4.73. The third-order valence-corrected chi connectivity index (χ3v) is 3.76. The predicted octanol–water partition coefficient (Wildman–Crippen LogP) is 2.08. The molecular weight excluding hydrogens is 238 g/mol. The third-order valence-electron chi connectivity index (χ3n) is 2.51. The van der Waals surface area contributed by atoms with E-state index in [9.17, 15) is 4.79 Å². The Morgan fingerprint density at radius 3 is 2.82 bits per heavy atom. The van der Waals surface area contributed by atoms with Crippen LogP contribution in [0.2, 0.25) is 0 Å². The molecule has 0 fully saturated rings. The smallest absolute Gasteiger partial charge is 0.328 e. The number of rotatable bonds is 3. The van der Waals surface area contributed by atoms with Crippen LogP contribution in [0.5, 0.6) is 5.75 Å². The molecule has 1 aromatic heterocycles. The van der Waals surface area contributed by atoms with Gasteiger partial charge in [-0.25, -0.2) is 4.79 Å². The highest BCUT2D eigenvalue weighted by molar-refractivity contribution is 7.19. The number of carbonyl (C=O) groups is 1. The van der Waals surface area contributed by atoms with Gasteiger partial charge in [0.05, 0.1) is 18.9 Å². The first kappa shape index (κ1) is 11.9. The third kappa shape index (κ3) is 2.11. The minimum absolute atomic E-state index is 0.435. The van der Waals surface area contributed by atoms with E-state index in [1.807, 2.05) is 24.3 Å². The second-order valence-electron chi connectivity index (χ2n) is 3.53. The van der Waals surface area contributed by atoms with Gasteiger partial charge in [-0.15, -0.1) is 11.3 Å². The fraction of sp³-hybridized carbons (Fsp3) is 0.250. The van der Waals surface area contributed by atoms with Crippen LogP contribution in [0, 0.1) is 0 Å². The monoisotopic (exact) mass is 251 g/mol. The van der Waals surface area contributed by atoms with Gasteiger partial charge in [-0.3, -0.25) is 0 Å². The minimum atomic E-state index is -0.734. The molecule has 1 atom stereocenters. The Balaban J connectivity index is 2.47. The van der Waals surface area contributed by atoms with E-state index in [2.05, 4.69) is 4.74 Å². The number of fused-ring (bicyclic) bond motifs is 1. The zero-order valence-corrected chi connectivity index (χ0v) is 10.4. The molecule has 0 radical (unpaired) electrons. The fourth-order valence-corrected chi connectivity index (χ4v) is 2.75. The summed E-state index contributed by atoms with van der Waals surface area (Å²) in [6, 6.07) is 6.90. The fourth-order valence-electron chi connectivity index (χ4n) is 1.61. The molecule has 0 saturated carbocycles. The Morgan fingerprint density at radius 1 is 1.41 bits per heavy atom. The van der Waals surface area contributed by atoms with Crippen LogP contribution in [0.15, 0.2) is 24.3 Å². The van der Waals surface area contributed by atoms with E-state index >= 15 is 0 Å². The molecule has 4 nitrogen and oxygen atoms in total. The quantitative estimate of drug-likeness (QED) is 0.848. The zero-order valence-electron chi connectivity index (χ0n) is 9.60. The normalized spacial score (nSPS) is 12.4. The van der Waals surface area contributed by atoms with E-state index in [-0.39, 0.29) is 0 Å². The number of hydrogen-bond acceptors (Lipinski definition) is 5. The molecule has 0 aliphatic carbocycles. The van der Waals surface area contributed by atoms with Crippen molar-refractivity contribution in [2.75, 3.05) is 14.2 Å².